The second-order valence-corrected chi connectivity index (χ2v) is 8.33. The van der Waals surface area contributed by atoms with Crippen LogP contribution in [-0.4, -0.2) is 57.8 Å². The van der Waals surface area contributed by atoms with Crippen LogP contribution in [0.15, 0.2) is 42.5 Å². The lowest BCUT2D eigenvalue weighted by Gasteiger charge is -2.36. The first-order valence-electron chi connectivity index (χ1n) is 11.2. The molecule has 31 heavy (non-hydrogen) atoms. The van der Waals surface area contributed by atoms with Gasteiger partial charge in [0, 0.05) is 39.1 Å². The average Bonchev–Trinajstić information content (AvgIpc) is 2.83. The van der Waals surface area contributed by atoms with E-state index in [4.69, 9.17) is 9.47 Å². The molecule has 1 atom stereocenters. The number of ether oxygens (including phenoxy) is 2. The summed E-state index contributed by atoms with van der Waals surface area (Å²) >= 11 is 0. The normalized spacial score (nSPS) is 18.9. The molecule has 1 amide bonds. The van der Waals surface area contributed by atoms with Gasteiger partial charge >= 0.3 is 0 Å². The van der Waals surface area contributed by atoms with Crippen LogP contribution in [-0.2, 0) is 11.2 Å². The Morgan fingerprint density at radius 3 is 2.65 bits per heavy atom. The first-order chi connectivity index (χ1) is 15.2. The van der Waals surface area contributed by atoms with E-state index in [1.807, 2.05) is 24.3 Å². The molecule has 2 aliphatic rings. The maximum absolute atomic E-state index is 12.7. The Balaban J connectivity index is 1.26. The summed E-state index contributed by atoms with van der Waals surface area (Å²) in [5.74, 6) is 1.90. The molecule has 1 fully saturated rings. The van der Waals surface area contributed by atoms with Crippen molar-refractivity contribution in [2.45, 2.75) is 31.7 Å². The smallest absolute Gasteiger partial charge is 0.221 e. The quantitative estimate of drug-likeness (QED) is 0.740. The van der Waals surface area contributed by atoms with Gasteiger partial charge in [-0.25, -0.2) is 0 Å². The van der Waals surface area contributed by atoms with E-state index in [0.717, 1.165) is 69.2 Å². The second-order valence-electron chi connectivity index (χ2n) is 8.33. The summed E-state index contributed by atoms with van der Waals surface area (Å²) in [4.78, 5) is 17.4. The Morgan fingerprint density at radius 2 is 1.87 bits per heavy atom. The number of hydrogen-bond acceptors (Lipinski definition) is 5. The molecule has 1 saturated heterocycles. The molecule has 1 heterocycles. The monoisotopic (exact) mass is 423 g/mol. The van der Waals surface area contributed by atoms with Crippen LogP contribution in [0.4, 0.5) is 5.69 Å². The van der Waals surface area contributed by atoms with Crippen molar-refractivity contribution in [2.24, 2.45) is 0 Å². The topological polar surface area (TPSA) is 54.0 Å². The van der Waals surface area contributed by atoms with Crippen molar-refractivity contribution in [1.82, 2.24) is 10.2 Å². The molecule has 0 bridgehead atoms. The van der Waals surface area contributed by atoms with Crippen LogP contribution in [0.2, 0.25) is 0 Å². The number of anilines is 1. The Hall–Kier alpha value is -2.73. The molecule has 0 saturated carbocycles. The Bertz CT molecular complexity index is 893. The molecule has 6 nitrogen and oxygen atoms in total. The number of carbonyl (C=O) groups is 1. The van der Waals surface area contributed by atoms with Gasteiger partial charge in [0.2, 0.25) is 5.91 Å². The number of methoxy groups -OCH3 is 2. The van der Waals surface area contributed by atoms with Gasteiger partial charge in [-0.2, -0.15) is 0 Å². The predicted octanol–water partition coefficient (Wildman–Crippen LogP) is 3.41. The van der Waals surface area contributed by atoms with Crippen molar-refractivity contribution in [3.8, 4) is 11.5 Å². The van der Waals surface area contributed by atoms with Crippen molar-refractivity contribution < 1.29 is 14.3 Å². The third-order valence-electron chi connectivity index (χ3n) is 6.46. The zero-order chi connectivity index (χ0) is 21.6. The van der Waals surface area contributed by atoms with E-state index in [0.29, 0.717) is 6.42 Å². The third kappa shape index (κ3) is 5.13. The Kier molecular flexibility index (Phi) is 6.97. The van der Waals surface area contributed by atoms with Gasteiger partial charge in [0.05, 0.1) is 25.9 Å². The van der Waals surface area contributed by atoms with Gasteiger partial charge < -0.3 is 19.7 Å². The molecular formula is C25H33N3O3. The summed E-state index contributed by atoms with van der Waals surface area (Å²) in [5.41, 5.74) is 3.68. The number of hydrogen-bond donors (Lipinski definition) is 1. The highest BCUT2D eigenvalue weighted by Crippen LogP contribution is 2.32. The summed E-state index contributed by atoms with van der Waals surface area (Å²) in [6, 6.07) is 14.5. The van der Waals surface area contributed by atoms with Crippen LogP contribution in [0.3, 0.4) is 0 Å². The molecule has 1 N–H and O–H groups in total. The molecule has 0 aromatic heterocycles. The summed E-state index contributed by atoms with van der Waals surface area (Å²) < 4.78 is 10.9. The number of benzene rings is 2. The van der Waals surface area contributed by atoms with Crippen molar-refractivity contribution in [3.63, 3.8) is 0 Å². The average molecular weight is 424 g/mol. The number of para-hydroxylation sites is 2. The standard InChI is InChI=1S/C25H33N3O3/c1-30-20-11-10-19-6-5-7-22(21(19)18-20)26-25(29)12-13-27-14-16-28(17-15-27)23-8-3-4-9-24(23)31-2/h3-4,8-11,18,22H,5-7,12-17H2,1-2H3,(H,26,29). The number of carbonyl (C=O) groups excluding carboxylic acids is 1. The van der Waals surface area contributed by atoms with E-state index in [9.17, 15) is 4.79 Å². The molecule has 2 aromatic carbocycles. The van der Waals surface area contributed by atoms with Crippen LogP contribution in [0, 0.1) is 0 Å². The molecule has 6 heteroatoms. The third-order valence-corrected chi connectivity index (χ3v) is 6.46. The van der Waals surface area contributed by atoms with Crippen molar-refractivity contribution in [3.05, 3.63) is 53.6 Å². The van der Waals surface area contributed by atoms with Gasteiger partial charge in [0.15, 0.2) is 0 Å². The highest BCUT2D eigenvalue weighted by atomic mass is 16.5. The first-order valence-corrected chi connectivity index (χ1v) is 11.2. The van der Waals surface area contributed by atoms with Gasteiger partial charge in [0.25, 0.3) is 0 Å². The Morgan fingerprint density at radius 1 is 1.06 bits per heavy atom. The van der Waals surface area contributed by atoms with E-state index in [-0.39, 0.29) is 11.9 Å². The zero-order valence-corrected chi connectivity index (χ0v) is 18.6. The van der Waals surface area contributed by atoms with E-state index >= 15 is 0 Å². The van der Waals surface area contributed by atoms with Crippen LogP contribution in [0.25, 0.3) is 0 Å². The number of fused-ring (bicyclic) bond motifs is 1. The fourth-order valence-corrected chi connectivity index (χ4v) is 4.68. The van der Waals surface area contributed by atoms with Crippen molar-refractivity contribution >= 4 is 11.6 Å². The minimum atomic E-state index is 0.0914. The lowest BCUT2D eigenvalue weighted by molar-refractivity contribution is -0.122. The van der Waals surface area contributed by atoms with Crippen molar-refractivity contribution in [1.29, 1.82) is 0 Å². The molecule has 1 aliphatic carbocycles. The van der Waals surface area contributed by atoms with E-state index in [1.165, 1.54) is 11.1 Å². The highest BCUT2D eigenvalue weighted by Gasteiger charge is 2.24. The zero-order valence-electron chi connectivity index (χ0n) is 18.6. The number of piperazine rings is 1. The van der Waals surface area contributed by atoms with Gasteiger partial charge in [0.1, 0.15) is 11.5 Å². The van der Waals surface area contributed by atoms with Crippen molar-refractivity contribution in [2.75, 3.05) is 51.8 Å². The van der Waals surface area contributed by atoms with Gasteiger partial charge in [-0.15, -0.1) is 0 Å². The minimum Gasteiger partial charge on any atom is -0.497 e. The fraction of sp³-hybridized carbons (Fsp3) is 0.480. The molecule has 4 rings (SSSR count). The molecule has 2 aromatic rings. The highest BCUT2D eigenvalue weighted by molar-refractivity contribution is 5.76. The number of amides is 1. The molecule has 166 valence electrons. The van der Waals surface area contributed by atoms with Gasteiger partial charge in [-0.05, 0) is 54.7 Å². The number of aryl methyl sites for hydroxylation is 1. The molecule has 1 unspecified atom stereocenters. The van der Waals surface area contributed by atoms with Crippen LogP contribution in [0.5, 0.6) is 11.5 Å². The summed E-state index contributed by atoms with van der Waals surface area (Å²) in [5, 5.41) is 3.27. The van der Waals surface area contributed by atoms with Crippen LogP contribution < -0.4 is 19.7 Å². The van der Waals surface area contributed by atoms with E-state index in [1.54, 1.807) is 14.2 Å². The molecule has 1 aliphatic heterocycles. The second kappa shape index (κ2) is 10.1. The SMILES string of the molecule is COc1ccc2c(c1)C(NC(=O)CCN1CCN(c3ccccc3OC)CC1)CCC2. The minimum absolute atomic E-state index is 0.0914. The van der Waals surface area contributed by atoms with Crippen LogP contribution in [0.1, 0.15) is 36.4 Å². The van der Waals surface area contributed by atoms with Crippen LogP contribution >= 0.6 is 0 Å². The van der Waals surface area contributed by atoms with E-state index in [2.05, 4.69) is 33.3 Å². The summed E-state index contributed by atoms with van der Waals surface area (Å²) in [7, 11) is 3.40. The summed E-state index contributed by atoms with van der Waals surface area (Å²) in [6.07, 6.45) is 3.70. The summed E-state index contributed by atoms with van der Waals surface area (Å²) in [6.45, 7) is 4.59. The van der Waals surface area contributed by atoms with E-state index < -0.39 is 0 Å². The number of nitrogens with zero attached hydrogens (tertiary/aromatic N) is 2. The maximum atomic E-state index is 12.7. The molecule has 0 radical (unpaired) electrons. The lowest BCUT2D eigenvalue weighted by Crippen LogP contribution is -2.47. The van der Waals surface area contributed by atoms with Gasteiger partial charge in [-0.3, -0.25) is 9.69 Å². The molecule has 0 spiro atoms. The predicted molar refractivity (Wildman–Crippen MR) is 123 cm³/mol. The first kappa shape index (κ1) is 21.5. The number of rotatable bonds is 7. The number of nitrogens with one attached hydrogen (secondary N) is 1. The Labute approximate surface area is 185 Å². The largest absolute Gasteiger partial charge is 0.497 e. The lowest BCUT2D eigenvalue weighted by atomic mass is 9.87. The molecular weight excluding hydrogens is 390 g/mol. The maximum Gasteiger partial charge on any atom is 0.221 e. The van der Waals surface area contributed by atoms with Gasteiger partial charge in [-0.1, -0.05) is 18.2 Å². The fourth-order valence-electron chi connectivity index (χ4n) is 4.68.